The molecule has 0 aliphatic heterocycles. The van der Waals surface area contributed by atoms with E-state index < -0.39 is 0 Å². The second-order valence-corrected chi connectivity index (χ2v) is 4.02. The Hall–Kier alpha value is -1.33. The van der Waals surface area contributed by atoms with E-state index in [0.29, 0.717) is 5.56 Å². The quantitative estimate of drug-likeness (QED) is 0.787. The normalized spacial score (nSPS) is 17.4. The number of hydrogen-bond acceptors (Lipinski definition) is 2. The van der Waals surface area contributed by atoms with Gasteiger partial charge in [0, 0.05) is 6.04 Å². The molecule has 72 valence electrons. The lowest BCUT2D eigenvalue weighted by Gasteiger charge is -2.10. The number of nitrogens with zero attached hydrogens (tertiary/aromatic N) is 1. The van der Waals surface area contributed by atoms with Crippen molar-refractivity contribution in [2.24, 2.45) is 11.7 Å². The van der Waals surface area contributed by atoms with Crippen LogP contribution in [-0.4, -0.2) is 0 Å². The van der Waals surface area contributed by atoms with E-state index in [9.17, 15) is 0 Å². The summed E-state index contributed by atoms with van der Waals surface area (Å²) in [6.07, 6.45) is 3.76. The van der Waals surface area contributed by atoms with Crippen LogP contribution in [-0.2, 0) is 0 Å². The van der Waals surface area contributed by atoms with E-state index in [2.05, 4.69) is 6.07 Å². The fourth-order valence-corrected chi connectivity index (χ4v) is 1.65. The van der Waals surface area contributed by atoms with Gasteiger partial charge in [-0.15, -0.1) is 0 Å². The van der Waals surface area contributed by atoms with Crippen molar-refractivity contribution < 1.29 is 0 Å². The molecule has 0 bridgehead atoms. The number of hydrogen-bond donors (Lipinski definition) is 1. The van der Waals surface area contributed by atoms with Crippen molar-refractivity contribution in [3.05, 3.63) is 35.4 Å². The van der Waals surface area contributed by atoms with Gasteiger partial charge >= 0.3 is 0 Å². The molecule has 0 unspecified atom stereocenters. The smallest absolute Gasteiger partial charge is 0.0991 e. The van der Waals surface area contributed by atoms with Crippen LogP contribution < -0.4 is 5.73 Å². The fraction of sp³-hybridized carbons (Fsp3) is 0.417. The SMILES string of the molecule is N#Cc1ccc([C@H](N)CC2CC2)cc1. The van der Waals surface area contributed by atoms with Gasteiger partial charge in [0.05, 0.1) is 11.6 Å². The molecule has 2 N–H and O–H groups in total. The first-order valence-corrected chi connectivity index (χ1v) is 5.05. The molecule has 1 saturated carbocycles. The minimum Gasteiger partial charge on any atom is -0.324 e. The molecular weight excluding hydrogens is 172 g/mol. The molecule has 0 aromatic heterocycles. The van der Waals surface area contributed by atoms with E-state index in [4.69, 9.17) is 11.0 Å². The molecule has 2 nitrogen and oxygen atoms in total. The lowest BCUT2D eigenvalue weighted by atomic mass is 10.0. The second-order valence-electron chi connectivity index (χ2n) is 4.02. The zero-order valence-corrected chi connectivity index (χ0v) is 8.11. The zero-order chi connectivity index (χ0) is 9.97. The van der Waals surface area contributed by atoms with E-state index in [0.717, 1.165) is 17.9 Å². The van der Waals surface area contributed by atoms with Crippen LogP contribution >= 0.6 is 0 Å². The third-order valence-corrected chi connectivity index (χ3v) is 2.75. The number of nitriles is 1. The topological polar surface area (TPSA) is 49.8 Å². The van der Waals surface area contributed by atoms with Gasteiger partial charge < -0.3 is 5.73 Å². The maximum absolute atomic E-state index is 8.64. The summed E-state index contributed by atoms with van der Waals surface area (Å²) >= 11 is 0. The Kier molecular flexibility index (Phi) is 2.51. The lowest BCUT2D eigenvalue weighted by Crippen LogP contribution is -2.10. The number of nitrogens with two attached hydrogens (primary N) is 1. The predicted octanol–water partition coefficient (Wildman–Crippen LogP) is 2.36. The Morgan fingerprint density at radius 2 is 2.00 bits per heavy atom. The van der Waals surface area contributed by atoms with E-state index in [-0.39, 0.29) is 6.04 Å². The van der Waals surface area contributed by atoms with Crippen LogP contribution in [0.15, 0.2) is 24.3 Å². The van der Waals surface area contributed by atoms with Crippen molar-refractivity contribution in [3.8, 4) is 6.07 Å². The summed E-state index contributed by atoms with van der Waals surface area (Å²) in [6.45, 7) is 0. The highest BCUT2D eigenvalue weighted by atomic mass is 14.6. The van der Waals surface area contributed by atoms with Gasteiger partial charge in [-0.2, -0.15) is 5.26 Å². The minimum absolute atomic E-state index is 0.148. The number of rotatable bonds is 3. The molecule has 1 fully saturated rings. The third-order valence-electron chi connectivity index (χ3n) is 2.75. The highest BCUT2D eigenvalue weighted by Gasteiger charge is 2.24. The molecule has 1 atom stereocenters. The van der Waals surface area contributed by atoms with Crippen LogP contribution in [0.5, 0.6) is 0 Å². The molecule has 0 spiro atoms. The van der Waals surface area contributed by atoms with Crippen molar-refractivity contribution in [3.63, 3.8) is 0 Å². The Morgan fingerprint density at radius 1 is 1.36 bits per heavy atom. The highest BCUT2D eigenvalue weighted by Crippen LogP contribution is 2.36. The van der Waals surface area contributed by atoms with Crippen molar-refractivity contribution in [2.75, 3.05) is 0 Å². The van der Waals surface area contributed by atoms with E-state index >= 15 is 0 Å². The van der Waals surface area contributed by atoms with E-state index in [1.807, 2.05) is 24.3 Å². The largest absolute Gasteiger partial charge is 0.324 e. The maximum atomic E-state index is 8.64. The fourth-order valence-electron chi connectivity index (χ4n) is 1.65. The molecule has 1 aliphatic carbocycles. The molecule has 14 heavy (non-hydrogen) atoms. The average Bonchev–Trinajstić information content (AvgIpc) is 3.02. The molecule has 0 amide bonds. The minimum atomic E-state index is 0.148. The Bertz CT molecular complexity index is 344. The van der Waals surface area contributed by atoms with Gasteiger partial charge in [-0.1, -0.05) is 25.0 Å². The summed E-state index contributed by atoms with van der Waals surface area (Å²) in [5.41, 5.74) is 7.89. The van der Waals surface area contributed by atoms with E-state index in [1.165, 1.54) is 12.8 Å². The van der Waals surface area contributed by atoms with Gasteiger partial charge in [-0.25, -0.2) is 0 Å². The van der Waals surface area contributed by atoms with Gasteiger partial charge in [-0.3, -0.25) is 0 Å². The zero-order valence-electron chi connectivity index (χ0n) is 8.11. The Labute approximate surface area is 84.3 Å². The Balaban J connectivity index is 2.04. The summed E-state index contributed by atoms with van der Waals surface area (Å²) in [5, 5.41) is 8.64. The molecule has 1 aromatic rings. The van der Waals surface area contributed by atoms with Gasteiger partial charge in [0.2, 0.25) is 0 Å². The molecular formula is C12H14N2. The summed E-state index contributed by atoms with van der Waals surface area (Å²) in [5.74, 6) is 0.848. The molecule has 2 rings (SSSR count). The summed E-state index contributed by atoms with van der Waals surface area (Å²) in [7, 11) is 0. The Morgan fingerprint density at radius 3 is 2.50 bits per heavy atom. The molecule has 2 heteroatoms. The van der Waals surface area contributed by atoms with Crippen LogP contribution in [0.3, 0.4) is 0 Å². The first-order chi connectivity index (χ1) is 6.79. The van der Waals surface area contributed by atoms with Gasteiger partial charge in [0.1, 0.15) is 0 Å². The lowest BCUT2D eigenvalue weighted by molar-refractivity contribution is 0.597. The first-order valence-electron chi connectivity index (χ1n) is 5.05. The van der Waals surface area contributed by atoms with Crippen molar-refractivity contribution in [2.45, 2.75) is 25.3 Å². The summed E-state index contributed by atoms with van der Waals surface area (Å²) in [4.78, 5) is 0. The summed E-state index contributed by atoms with van der Waals surface area (Å²) in [6, 6.07) is 9.85. The van der Waals surface area contributed by atoms with Crippen LogP contribution in [0.2, 0.25) is 0 Å². The molecule has 1 aromatic carbocycles. The summed E-state index contributed by atoms with van der Waals surface area (Å²) < 4.78 is 0. The van der Waals surface area contributed by atoms with Crippen LogP contribution in [0.1, 0.15) is 36.4 Å². The standard InChI is InChI=1S/C12H14N2/c13-8-10-3-5-11(6-4-10)12(14)7-9-1-2-9/h3-6,9,12H,1-2,7,14H2/t12-/m1/s1. The van der Waals surface area contributed by atoms with Crippen molar-refractivity contribution in [1.29, 1.82) is 5.26 Å². The van der Waals surface area contributed by atoms with Crippen LogP contribution in [0.4, 0.5) is 0 Å². The first kappa shape index (κ1) is 9.23. The molecule has 0 saturated heterocycles. The molecule has 1 aliphatic rings. The number of benzene rings is 1. The van der Waals surface area contributed by atoms with Crippen LogP contribution in [0.25, 0.3) is 0 Å². The van der Waals surface area contributed by atoms with Crippen molar-refractivity contribution in [1.82, 2.24) is 0 Å². The van der Waals surface area contributed by atoms with Crippen LogP contribution in [0, 0.1) is 17.2 Å². The highest BCUT2D eigenvalue weighted by molar-refractivity contribution is 5.32. The predicted molar refractivity (Wildman–Crippen MR) is 55.4 cm³/mol. The third kappa shape index (κ3) is 2.12. The van der Waals surface area contributed by atoms with Gasteiger partial charge in [-0.05, 0) is 30.0 Å². The molecule has 0 heterocycles. The monoisotopic (exact) mass is 186 g/mol. The van der Waals surface area contributed by atoms with E-state index in [1.54, 1.807) is 0 Å². The average molecular weight is 186 g/mol. The molecule has 0 radical (unpaired) electrons. The second kappa shape index (κ2) is 3.81. The van der Waals surface area contributed by atoms with Gasteiger partial charge in [0.25, 0.3) is 0 Å². The van der Waals surface area contributed by atoms with Gasteiger partial charge in [0.15, 0.2) is 0 Å². The van der Waals surface area contributed by atoms with Crippen molar-refractivity contribution >= 4 is 0 Å². The maximum Gasteiger partial charge on any atom is 0.0991 e.